The van der Waals surface area contributed by atoms with E-state index in [0.29, 0.717) is 35.4 Å². The predicted molar refractivity (Wildman–Crippen MR) is 95.0 cm³/mol. The largest absolute Gasteiger partial charge is 0.456 e. The first-order chi connectivity index (χ1) is 12.7. The van der Waals surface area contributed by atoms with Crippen molar-refractivity contribution in [3.8, 4) is 11.5 Å². The number of oxazole rings is 1. The molecule has 1 aromatic carbocycles. The molecule has 1 aliphatic rings. The zero-order chi connectivity index (χ0) is 17.9. The molecule has 6 nitrogen and oxygen atoms in total. The highest BCUT2D eigenvalue weighted by molar-refractivity contribution is 5.94. The molecule has 0 bridgehead atoms. The maximum Gasteiger partial charge on any atom is 0.254 e. The quantitative estimate of drug-likeness (QED) is 0.672. The number of carbonyl (C=O) groups excluding carboxylic acids is 1. The predicted octanol–water partition coefficient (Wildman–Crippen LogP) is 4.01. The third-order valence-corrected chi connectivity index (χ3v) is 4.24. The molecule has 3 aromatic rings. The molecule has 0 atom stereocenters. The Labute approximate surface area is 151 Å². The average molecular weight is 349 g/mol. The molecule has 0 N–H and O–H groups in total. The van der Waals surface area contributed by atoms with Crippen LogP contribution in [0.4, 0.5) is 0 Å². The van der Waals surface area contributed by atoms with Crippen LogP contribution in [0.3, 0.4) is 0 Å². The molecule has 4 rings (SSSR count). The Balaban J connectivity index is 1.38. The molecule has 0 saturated heterocycles. The van der Waals surface area contributed by atoms with Crippen LogP contribution < -0.4 is 4.74 Å². The number of hydrogen-bond donors (Lipinski definition) is 0. The molecule has 1 saturated carbocycles. The van der Waals surface area contributed by atoms with Crippen LogP contribution in [0.15, 0.2) is 59.4 Å². The number of amides is 1. The van der Waals surface area contributed by atoms with Crippen LogP contribution in [0.2, 0.25) is 0 Å². The highest BCUT2D eigenvalue weighted by atomic mass is 16.5. The number of ether oxygens (including phenoxy) is 1. The number of rotatable bonds is 6. The minimum absolute atomic E-state index is 0.0934. The summed E-state index contributed by atoms with van der Waals surface area (Å²) >= 11 is 0. The van der Waals surface area contributed by atoms with Gasteiger partial charge in [-0.25, -0.2) is 4.98 Å². The fourth-order valence-electron chi connectivity index (χ4n) is 2.66. The zero-order valence-corrected chi connectivity index (χ0v) is 14.5. The van der Waals surface area contributed by atoms with Gasteiger partial charge >= 0.3 is 0 Å². The number of carbonyl (C=O) groups is 1. The summed E-state index contributed by atoms with van der Waals surface area (Å²) in [5.41, 5.74) is 0.583. The minimum atomic E-state index is -0.0934. The molecular weight excluding hydrogens is 330 g/mol. The van der Waals surface area contributed by atoms with Crippen molar-refractivity contribution in [2.24, 2.45) is 0 Å². The van der Waals surface area contributed by atoms with E-state index in [2.05, 4.69) is 9.97 Å². The van der Waals surface area contributed by atoms with Crippen molar-refractivity contribution in [1.29, 1.82) is 0 Å². The SMILES string of the molecule is CN(Cc1ncc(C2CC2)o1)C(=O)c1ccc(Oc2cccnc2)cc1. The second-order valence-corrected chi connectivity index (χ2v) is 6.41. The average Bonchev–Trinajstić information content (AvgIpc) is 3.42. The first-order valence-corrected chi connectivity index (χ1v) is 8.57. The summed E-state index contributed by atoms with van der Waals surface area (Å²) in [7, 11) is 1.74. The van der Waals surface area contributed by atoms with Crippen molar-refractivity contribution in [2.75, 3.05) is 7.05 Å². The second-order valence-electron chi connectivity index (χ2n) is 6.41. The number of hydrogen-bond acceptors (Lipinski definition) is 5. The molecule has 0 aliphatic heterocycles. The molecule has 0 spiro atoms. The molecule has 26 heavy (non-hydrogen) atoms. The first-order valence-electron chi connectivity index (χ1n) is 8.57. The molecule has 6 heteroatoms. The Morgan fingerprint density at radius 2 is 2.00 bits per heavy atom. The van der Waals surface area contributed by atoms with Gasteiger partial charge in [0.2, 0.25) is 5.89 Å². The molecule has 0 unspecified atom stereocenters. The van der Waals surface area contributed by atoms with E-state index in [1.165, 1.54) is 0 Å². The Bertz CT molecular complexity index is 886. The summed E-state index contributed by atoms with van der Waals surface area (Å²) in [5.74, 6) is 3.23. The highest BCUT2D eigenvalue weighted by Gasteiger charge is 2.27. The lowest BCUT2D eigenvalue weighted by Gasteiger charge is -2.15. The Hall–Kier alpha value is -3.15. The second kappa shape index (κ2) is 7.00. The summed E-state index contributed by atoms with van der Waals surface area (Å²) in [5, 5.41) is 0. The van der Waals surface area contributed by atoms with Gasteiger partial charge in [-0.05, 0) is 49.2 Å². The maximum absolute atomic E-state index is 12.6. The van der Waals surface area contributed by atoms with Gasteiger partial charge in [0.1, 0.15) is 17.3 Å². The fourth-order valence-corrected chi connectivity index (χ4v) is 2.66. The number of benzene rings is 1. The van der Waals surface area contributed by atoms with E-state index in [1.54, 1.807) is 60.9 Å². The summed E-state index contributed by atoms with van der Waals surface area (Å²) in [6, 6.07) is 10.7. The molecular formula is C20H19N3O3. The van der Waals surface area contributed by atoms with Crippen LogP contribution in [0, 0.1) is 0 Å². The Morgan fingerprint density at radius 1 is 1.19 bits per heavy atom. The van der Waals surface area contributed by atoms with Gasteiger partial charge in [0, 0.05) is 24.7 Å². The van der Waals surface area contributed by atoms with Gasteiger partial charge in [-0.3, -0.25) is 9.78 Å². The lowest BCUT2D eigenvalue weighted by molar-refractivity contribution is 0.0772. The van der Waals surface area contributed by atoms with E-state index in [4.69, 9.17) is 9.15 Å². The lowest BCUT2D eigenvalue weighted by Crippen LogP contribution is -2.26. The van der Waals surface area contributed by atoms with Crippen LogP contribution in [0.25, 0.3) is 0 Å². The lowest BCUT2D eigenvalue weighted by atomic mass is 10.2. The maximum atomic E-state index is 12.6. The number of aromatic nitrogens is 2. The van der Waals surface area contributed by atoms with Gasteiger partial charge in [0.25, 0.3) is 5.91 Å². The topological polar surface area (TPSA) is 68.5 Å². The van der Waals surface area contributed by atoms with Gasteiger partial charge in [0.15, 0.2) is 0 Å². The third-order valence-electron chi connectivity index (χ3n) is 4.24. The van der Waals surface area contributed by atoms with Crippen LogP contribution in [-0.4, -0.2) is 27.8 Å². The van der Waals surface area contributed by atoms with E-state index in [9.17, 15) is 4.79 Å². The number of pyridine rings is 1. The minimum Gasteiger partial charge on any atom is -0.456 e. The normalized spacial score (nSPS) is 13.4. The van der Waals surface area contributed by atoms with E-state index in [1.807, 2.05) is 6.07 Å². The van der Waals surface area contributed by atoms with E-state index in [-0.39, 0.29) is 5.91 Å². The number of nitrogens with zero attached hydrogens (tertiary/aromatic N) is 3. The van der Waals surface area contributed by atoms with Crippen molar-refractivity contribution in [2.45, 2.75) is 25.3 Å². The van der Waals surface area contributed by atoms with E-state index in [0.717, 1.165) is 18.6 Å². The molecule has 132 valence electrons. The van der Waals surface area contributed by atoms with Crippen LogP contribution in [0.5, 0.6) is 11.5 Å². The molecule has 1 amide bonds. The fraction of sp³-hybridized carbons (Fsp3) is 0.250. The van der Waals surface area contributed by atoms with Gasteiger partial charge in [-0.2, -0.15) is 0 Å². The van der Waals surface area contributed by atoms with Crippen molar-refractivity contribution in [1.82, 2.24) is 14.9 Å². The van der Waals surface area contributed by atoms with Crippen LogP contribution in [-0.2, 0) is 6.54 Å². The standard InChI is InChI=1S/C20H19N3O3/c1-23(13-19-22-12-18(26-19)14-4-5-14)20(24)15-6-8-16(9-7-15)25-17-3-2-10-21-11-17/h2-3,6-12,14H,4-5,13H2,1H3. The zero-order valence-electron chi connectivity index (χ0n) is 14.5. The summed E-state index contributed by atoms with van der Waals surface area (Å²) in [6.45, 7) is 0.347. The van der Waals surface area contributed by atoms with E-state index < -0.39 is 0 Å². The van der Waals surface area contributed by atoms with Crippen molar-refractivity contribution in [3.05, 3.63) is 72.2 Å². The summed E-state index contributed by atoms with van der Waals surface area (Å²) < 4.78 is 11.4. The monoisotopic (exact) mass is 349 g/mol. The van der Waals surface area contributed by atoms with Gasteiger partial charge in [0.05, 0.1) is 18.9 Å². The van der Waals surface area contributed by atoms with E-state index >= 15 is 0 Å². The Morgan fingerprint density at radius 3 is 2.69 bits per heavy atom. The Kier molecular flexibility index (Phi) is 4.39. The highest BCUT2D eigenvalue weighted by Crippen LogP contribution is 2.40. The van der Waals surface area contributed by atoms with Crippen molar-refractivity contribution < 1.29 is 13.9 Å². The van der Waals surface area contributed by atoms with Crippen LogP contribution in [0.1, 0.15) is 40.8 Å². The molecule has 2 aromatic heterocycles. The molecule has 1 aliphatic carbocycles. The van der Waals surface area contributed by atoms with Crippen LogP contribution >= 0.6 is 0 Å². The third kappa shape index (κ3) is 3.74. The van der Waals surface area contributed by atoms with Gasteiger partial charge < -0.3 is 14.1 Å². The summed E-state index contributed by atoms with van der Waals surface area (Å²) in [6.07, 6.45) is 7.43. The van der Waals surface area contributed by atoms with Crippen molar-refractivity contribution in [3.63, 3.8) is 0 Å². The van der Waals surface area contributed by atoms with Gasteiger partial charge in [-0.1, -0.05) is 0 Å². The first kappa shape index (κ1) is 16.3. The molecule has 0 radical (unpaired) electrons. The molecule has 1 fully saturated rings. The molecule has 2 heterocycles. The smallest absolute Gasteiger partial charge is 0.254 e. The van der Waals surface area contributed by atoms with Gasteiger partial charge in [-0.15, -0.1) is 0 Å². The van der Waals surface area contributed by atoms with Crippen molar-refractivity contribution >= 4 is 5.91 Å². The summed E-state index contributed by atoms with van der Waals surface area (Å²) in [4.78, 5) is 22.4.